The predicted octanol–water partition coefficient (Wildman–Crippen LogP) is 4.65. The Balaban J connectivity index is 1.62. The maximum Gasteiger partial charge on any atom is 0.234 e. The van der Waals surface area contributed by atoms with E-state index in [0.717, 1.165) is 11.8 Å². The minimum absolute atomic E-state index is 0.0416. The molecule has 3 rings (SSSR count). The van der Waals surface area contributed by atoms with E-state index < -0.39 is 5.82 Å². The molecular weight excluding hydrogens is 386 g/mol. The summed E-state index contributed by atoms with van der Waals surface area (Å²) in [6, 6.07) is 11.0. The number of amides is 1. The molecule has 1 heterocycles. The monoisotopic (exact) mass is 396 g/mol. The third-order valence-electron chi connectivity index (χ3n) is 3.13. The van der Waals surface area contributed by atoms with Crippen LogP contribution in [-0.2, 0) is 4.79 Å². The van der Waals surface area contributed by atoms with Crippen LogP contribution in [0, 0.1) is 5.82 Å². The molecule has 25 heavy (non-hydrogen) atoms. The van der Waals surface area contributed by atoms with Crippen molar-refractivity contribution in [3.05, 3.63) is 58.3 Å². The predicted molar refractivity (Wildman–Crippen MR) is 97.6 cm³/mol. The van der Waals surface area contributed by atoms with Crippen molar-refractivity contribution in [2.75, 3.05) is 11.1 Å². The van der Waals surface area contributed by atoms with Crippen LogP contribution in [0.2, 0.25) is 10.0 Å². The molecule has 2 N–H and O–H groups in total. The fourth-order valence-electron chi connectivity index (χ4n) is 1.99. The van der Waals surface area contributed by atoms with E-state index >= 15 is 0 Å². The lowest BCUT2D eigenvalue weighted by molar-refractivity contribution is -0.113. The number of hydrogen-bond donors (Lipinski definition) is 2. The SMILES string of the molecule is O=C(CSc1n[nH]c(-c2ccc(Cl)cc2Cl)n1)Nc1ccccc1F. The number of hydrogen-bond acceptors (Lipinski definition) is 4. The largest absolute Gasteiger partial charge is 0.323 e. The molecule has 0 atom stereocenters. The summed E-state index contributed by atoms with van der Waals surface area (Å²) in [5.74, 6) is -0.331. The van der Waals surface area contributed by atoms with E-state index in [1.807, 2.05) is 0 Å². The van der Waals surface area contributed by atoms with Crippen molar-refractivity contribution in [1.82, 2.24) is 15.2 Å². The Labute approximate surface area is 156 Å². The van der Waals surface area contributed by atoms with Crippen molar-refractivity contribution in [3.63, 3.8) is 0 Å². The highest BCUT2D eigenvalue weighted by atomic mass is 35.5. The summed E-state index contributed by atoms with van der Waals surface area (Å²) in [6.07, 6.45) is 0. The van der Waals surface area contributed by atoms with Gasteiger partial charge in [0.1, 0.15) is 5.82 Å². The lowest BCUT2D eigenvalue weighted by Crippen LogP contribution is -2.15. The molecule has 0 saturated heterocycles. The Kier molecular flexibility index (Phi) is 5.57. The topological polar surface area (TPSA) is 70.7 Å². The van der Waals surface area contributed by atoms with E-state index in [4.69, 9.17) is 23.2 Å². The number of nitrogens with one attached hydrogen (secondary N) is 2. The van der Waals surface area contributed by atoms with Crippen molar-refractivity contribution < 1.29 is 9.18 Å². The molecule has 0 aliphatic rings. The number of aromatic amines is 1. The summed E-state index contributed by atoms with van der Waals surface area (Å²) >= 11 is 13.1. The van der Waals surface area contributed by atoms with Crippen LogP contribution in [0.25, 0.3) is 11.4 Å². The van der Waals surface area contributed by atoms with Gasteiger partial charge in [-0.05, 0) is 30.3 Å². The maximum absolute atomic E-state index is 13.5. The maximum atomic E-state index is 13.5. The number of halogens is 3. The summed E-state index contributed by atoms with van der Waals surface area (Å²) in [7, 11) is 0. The van der Waals surface area contributed by atoms with Crippen molar-refractivity contribution in [3.8, 4) is 11.4 Å². The van der Waals surface area contributed by atoms with Crippen LogP contribution in [0.3, 0.4) is 0 Å². The first kappa shape index (κ1) is 17.7. The van der Waals surface area contributed by atoms with E-state index in [0.29, 0.717) is 26.6 Å². The van der Waals surface area contributed by atoms with Crippen molar-refractivity contribution in [1.29, 1.82) is 0 Å². The van der Waals surface area contributed by atoms with Gasteiger partial charge in [-0.1, -0.05) is 47.1 Å². The zero-order chi connectivity index (χ0) is 17.8. The van der Waals surface area contributed by atoms with E-state index in [9.17, 15) is 9.18 Å². The summed E-state index contributed by atoms with van der Waals surface area (Å²) in [5.41, 5.74) is 0.790. The molecule has 0 bridgehead atoms. The summed E-state index contributed by atoms with van der Waals surface area (Å²) < 4.78 is 13.5. The summed E-state index contributed by atoms with van der Waals surface area (Å²) in [4.78, 5) is 16.2. The zero-order valence-corrected chi connectivity index (χ0v) is 14.9. The Morgan fingerprint density at radius 2 is 2.04 bits per heavy atom. The van der Waals surface area contributed by atoms with Crippen LogP contribution in [0.4, 0.5) is 10.1 Å². The van der Waals surface area contributed by atoms with Gasteiger partial charge in [0.05, 0.1) is 16.5 Å². The van der Waals surface area contributed by atoms with Crippen LogP contribution in [-0.4, -0.2) is 26.8 Å². The van der Waals surface area contributed by atoms with Gasteiger partial charge < -0.3 is 5.32 Å². The molecule has 0 saturated carbocycles. The molecule has 0 spiro atoms. The third-order valence-corrected chi connectivity index (χ3v) is 4.53. The Bertz CT molecular complexity index is 919. The number of carbonyl (C=O) groups excluding carboxylic acids is 1. The number of rotatable bonds is 5. The van der Waals surface area contributed by atoms with Gasteiger partial charge in [0.2, 0.25) is 11.1 Å². The van der Waals surface area contributed by atoms with Crippen LogP contribution >= 0.6 is 35.0 Å². The number of H-pyrrole nitrogens is 1. The molecule has 0 radical (unpaired) electrons. The molecular formula is C16H11Cl2FN4OS. The van der Waals surface area contributed by atoms with E-state index in [1.54, 1.807) is 30.3 Å². The van der Waals surface area contributed by atoms with Gasteiger partial charge in [-0.15, -0.1) is 5.10 Å². The van der Waals surface area contributed by atoms with E-state index in [-0.39, 0.29) is 17.3 Å². The summed E-state index contributed by atoms with van der Waals surface area (Å²) in [6.45, 7) is 0. The molecule has 0 unspecified atom stereocenters. The van der Waals surface area contributed by atoms with Crippen molar-refractivity contribution in [2.45, 2.75) is 5.16 Å². The second-order valence-corrected chi connectivity index (χ2v) is 6.69. The highest BCUT2D eigenvalue weighted by Crippen LogP contribution is 2.29. The molecule has 2 aromatic carbocycles. The highest BCUT2D eigenvalue weighted by molar-refractivity contribution is 7.99. The Morgan fingerprint density at radius 3 is 2.80 bits per heavy atom. The lowest BCUT2D eigenvalue weighted by Gasteiger charge is -2.04. The smallest absolute Gasteiger partial charge is 0.234 e. The van der Waals surface area contributed by atoms with Crippen LogP contribution in [0.1, 0.15) is 0 Å². The molecule has 0 aliphatic heterocycles. The van der Waals surface area contributed by atoms with Crippen LogP contribution < -0.4 is 5.32 Å². The standard InChI is InChI=1S/C16H11Cl2FN4OS/c17-9-5-6-10(11(18)7-9)15-21-16(23-22-15)25-8-14(24)20-13-4-2-1-3-12(13)19/h1-7H,8H2,(H,20,24)(H,21,22,23). The average molecular weight is 397 g/mol. The Morgan fingerprint density at radius 1 is 1.24 bits per heavy atom. The number of anilines is 1. The van der Waals surface area contributed by atoms with Gasteiger partial charge in [0.15, 0.2) is 5.82 Å². The fraction of sp³-hybridized carbons (Fsp3) is 0.0625. The third kappa shape index (κ3) is 4.50. The second kappa shape index (κ2) is 7.86. The minimum atomic E-state index is -0.488. The first-order valence-corrected chi connectivity index (χ1v) is 8.82. The molecule has 3 aromatic rings. The van der Waals surface area contributed by atoms with Crippen molar-refractivity contribution in [2.24, 2.45) is 0 Å². The molecule has 0 fully saturated rings. The lowest BCUT2D eigenvalue weighted by atomic mass is 10.2. The number of thioether (sulfide) groups is 1. The van der Waals surface area contributed by atoms with Crippen LogP contribution in [0.15, 0.2) is 47.6 Å². The second-order valence-electron chi connectivity index (χ2n) is 4.91. The molecule has 128 valence electrons. The number of aromatic nitrogens is 3. The molecule has 0 aliphatic carbocycles. The fourth-order valence-corrected chi connectivity index (χ4v) is 3.09. The van der Waals surface area contributed by atoms with Crippen molar-refractivity contribution >= 4 is 46.6 Å². The average Bonchev–Trinajstić information content (AvgIpc) is 3.04. The van der Waals surface area contributed by atoms with Gasteiger partial charge >= 0.3 is 0 Å². The molecule has 9 heteroatoms. The van der Waals surface area contributed by atoms with E-state index in [2.05, 4.69) is 20.5 Å². The highest BCUT2D eigenvalue weighted by Gasteiger charge is 2.12. The van der Waals surface area contributed by atoms with Gasteiger partial charge in [0.25, 0.3) is 0 Å². The van der Waals surface area contributed by atoms with Gasteiger partial charge in [-0.3, -0.25) is 9.89 Å². The number of para-hydroxylation sites is 1. The molecule has 1 aromatic heterocycles. The first-order valence-electron chi connectivity index (χ1n) is 7.08. The molecule has 5 nitrogen and oxygen atoms in total. The zero-order valence-electron chi connectivity index (χ0n) is 12.6. The number of carbonyl (C=O) groups is 1. The van der Waals surface area contributed by atoms with Gasteiger partial charge in [0, 0.05) is 10.6 Å². The minimum Gasteiger partial charge on any atom is -0.323 e. The summed E-state index contributed by atoms with van der Waals surface area (Å²) in [5, 5.41) is 10.6. The van der Waals surface area contributed by atoms with Crippen LogP contribution in [0.5, 0.6) is 0 Å². The van der Waals surface area contributed by atoms with Gasteiger partial charge in [-0.2, -0.15) is 0 Å². The molecule has 1 amide bonds. The number of nitrogens with zero attached hydrogens (tertiary/aromatic N) is 2. The first-order chi connectivity index (χ1) is 12.0. The quantitative estimate of drug-likeness (QED) is 0.615. The Hall–Kier alpha value is -2.09. The number of benzene rings is 2. The van der Waals surface area contributed by atoms with E-state index in [1.165, 1.54) is 12.1 Å². The van der Waals surface area contributed by atoms with Gasteiger partial charge in [-0.25, -0.2) is 9.37 Å². The normalized spacial score (nSPS) is 10.7.